The quantitative estimate of drug-likeness (QED) is 0.522. The molecule has 0 saturated heterocycles. The molecule has 0 bridgehead atoms. The Hall–Kier alpha value is -2.91. The van der Waals surface area contributed by atoms with Gasteiger partial charge in [-0.2, -0.15) is 0 Å². The van der Waals surface area contributed by atoms with Crippen LogP contribution >= 0.6 is 0 Å². The van der Waals surface area contributed by atoms with Gasteiger partial charge in [-0.15, -0.1) is 0 Å². The van der Waals surface area contributed by atoms with Gasteiger partial charge in [-0.3, -0.25) is 4.79 Å². The largest absolute Gasteiger partial charge is 0.380 e. The van der Waals surface area contributed by atoms with E-state index in [1.807, 2.05) is 111 Å². The Morgan fingerprint density at radius 3 is 1.68 bits per heavy atom. The molecule has 1 amide bonds. The zero-order valence-electron chi connectivity index (χ0n) is 19.0. The van der Waals surface area contributed by atoms with Crippen LogP contribution < -0.4 is 0 Å². The number of hydrogen-bond acceptors (Lipinski definition) is 2. The first-order valence-corrected chi connectivity index (χ1v) is 11.1. The van der Waals surface area contributed by atoms with Gasteiger partial charge >= 0.3 is 0 Å². The van der Waals surface area contributed by atoms with Crippen LogP contribution in [0.3, 0.4) is 0 Å². The van der Waals surface area contributed by atoms with Gasteiger partial charge in [-0.05, 0) is 44.4 Å². The van der Waals surface area contributed by atoms with Crippen molar-refractivity contribution in [1.29, 1.82) is 0 Å². The molecule has 1 unspecified atom stereocenters. The van der Waals surface area contributed by atoms with Crippen molar-refractivity contribution < 1.29 is 9.90 Å². The monoisotopic (exact) mass is 415 g/mol. The highest BCUT2D eigenvalue weighted by molar-refractivity contribution is 5.77. The molecule has 3 aromatic carbocycles. The maximum absolute atomic E-state index is 13.2. The van der Waals surface area contributed by atoms with Crippen LogP contribution in [0.25, 0.3) is 0 Å². The lowest BCUT2D eigenvalue weighted by Gasteiger charge is -2.38. The Kier molecular flexibility index (Phi) is 7.29. The van der Waals surface area contributed by atoms with Crippen molar-refractivity contribution in [2.75, 3.05) is 13.1 Å². The Bertz CT molecular complexity index is 928. The van der Waals surface area contributed by atoms with E-state index in [1.54, 1.807) is 0 Å². The van der Waals surface area contributed by atoms with Crippen molar-refractivity contribution in [3.8, 4) is 0 Å². The Morgan fingerprint density at radius 2 is 1.26 bits per heavy atom. The molecule has 0 aliphatic heterocycles. The number of benzene rings is 3. The van der Waals surface area contributed by atoms with Gasteiger partial charge in [0.1, 0.15) is 5.60 Å². The minimum atomic E-state index is -1.34. The van der Waals surface area contributed by atoms with E-state index in [-0.39, 0.29) is 12.3 Å². The fraction of sp³-hybridized carbons (Fsp3) is 0.321. The number of amides is 1. The van der Waals surface area contributed by atoms with Crippen molar-refractivity contribution in [3.05, 3.63) is 107 Å². The molecule has 0 heterocycles. The summed E-state index contributed by atoms with van der Waals surface area (Å²) in [5, 5.41) is 12.5. The molecule has 0 aliphatic carbocycles. The summed E-state index contributed by atoms with van der Waals surface area (Å²) < 4.78 is 0. The number of hydrogen-bond donors (Lipinski definition) is 1. The van der Waals surface area contributed by atoms with Gasteiger partial charge in [-0.25, -0.2) is 0 Å². The first-order chi connectivity index (χ1) is 14.9. The third-order valence-electron chi connectivity index (χ3n) is 6.18. The summed E-state index contributed by atoms with van der Waals surface area (Å²) in [7, 11) is 0. The van der Waals surface area contributed by atoms with Crippen LogP contribution in [0.2, 0.25) is 0 Å². The summed E-state index contributed by atoms with van der Waals surface area (Å²) in [6.45, 7) is 9.37. The van der Waals surface area contributed by atoms with Crippen LogP contribution in [-0.4, -0.2) is 29.0 Å². The molecule has 31 heavy (non-hydrogen) atoms. The zero-order valence-corrected chi connectivity index (χ0v) is 19.0. The summed E-state index contributed by atoms with van der Waals surface area (Å²) in [5.74, 6) is -0.372. The molecule has 0 saturated carbocycles. The second-order valence-corrected chi connectivity index (χ2v) is 8.23. The van der Waals surface area contributed by atoms with Crippen LogP contribution in [-0.2, 0) is 10.4 Å². The third kappa shape index (κ3) is 4.88. The molecule has 0 radical (unpaired) electrons. The van der Waals surface area contributed by atoms with E-state index in [1.165, 1.54) is 0 Å². The van der Waals surface area contributed by atoms with Gasteiger partial charge in [0, 0.05) is 25.4 Å². The molecule has 0 aromatic heterocycles. The second kappa shape index (κ2) is 9.93. The van der Waals surface area contributed by atoms with E-state index >= 15 is 0 Å². The number of aryl methyl sites for hydroxylation is 2. The average Bonchev–Trinajstić information content (AvgIpc) is 2.79. The van der Waals surface area contributed by atoms with E-state index in [2.05, 4.69) is 0 Å². The molecule has 0 spiro atoms. The SMILES string of the molecule is CCN(CC)C(=O)CC(c1ccccc1)C(O)(c1ccc(C)cc1)c1ccc(C)cc1. The molecule has 162 valence electrons. The van der Waals surface area contributed by atoms with Crippen molar-refractivity contribution in [1.82, 2.24) is 4.90 Å². The smallest absolute Gasteiger partial charge is 0.223 e. The summed E-state index contributed by atoms with van der Waals surface area (Å²) in [6, 6.07) is 25.9. The molecule has 3 aromatic rings. The molecule has 0 aliphatic rings. The fourth-order valence-electron chi connectivity index (χ4n) is 4.26. The standard InChI is InChI=1S/C28H33NO2/c1-5-29(6-2)27(30)20-26(23-10-8-7-9-11-23)28(31,24-16-12-21(3)13-17-24)25-18-14-22(4)15-19-25/h7-19,26,31H,5-6,20H2,1-4H3. The zero-order chi connectivity index (χ0) is 22.4. The molecular formula is C28H33NO2. The van der Waals surface area contributed by atoms with E-state index < -0.39 is 11.5 Å². The van der Waals surface area contributed by atoms with Crippen LogP contribution in [0, 0.1) is 13.8 Å². The van der Waals surface area contributed by atoms with Gasteiger partial charge in [0.15, 0.2) is 0 Å². The highest BCUT2D eigenvalue weighted by Gasteiger charge is 2.42. The first-order valence-electron chi connectivity index (χ1n) is 11.1. The van der Waals surface area contributed by atoms with E-state index in [9.17, 15) is 9.90 Å². The lowest BCUT2D eigenvalue weighted by molar-refractivity contribution is -0.132. The normalized spacial score (nSPS) is 12.4. The Balaban J connectivity index is 2.20. The lowest BCUT2D eigenvalue weighted by atomic mass is 9.71. The lowest BCUT2D eigenvalue weighted by Crippen LogP contribution is -2.39. The van der Waals surface area contributed by atoms with Crippen LogP contribution in [0.4, 0.5) is 0 Å². The van der Waals surface area contributed by atoms with Crippen LogP contribution in [0.15, 0.2) is 78.9 Å². The molecule has 3 nitrogen and oxygen atoms in total. The average molecular weight is 416 g/mol. The number of aliphatic hydroxyl groups is 1. The summed E-state index contributed by atoms with van der Waals surface area (Å²) in [5.41, 5.74) is 3.46. The minimum absolute atomic E-state index is 0.0523. The Labute approximate surface area is 186 Å². The number of carbonyl (C=O) groups is 1. The third-order valence-corrected chi connectivity index (χ3v) is 6.18. The van der Waals surface area contributed by atoms with Crippen molar-refractivity contribution in [2.24, 2.45) is 0 Å². The molecule has 3 rings (SSSR count). The topological polar surface area (TPSA) is 40.5 Å². The Morgan fingerprint density at radius 1 is 0.806 bits per heavy atom. The molecule has 3 heteroatoms. The van der Waals surface area contributed by atoms with Crippen molar-refractivity contribution in [3.63, 3.8) is 0 Å². The second-order valence-electron chi connectivity index (χ2n) is 8.23. The van der Waals surface area contributed by atoms with Gasteiger partial charge in [0.2, 0.25) is 5.91 Å². The van der Waals surface area contributed by atoms with Crippen molar-refractivity contribution >= 4 is 5.91 Å². The predicted molar refractivity (Wildman–Crippen MR) is 127 cm³/mol. The number of carbonyl (C=O) groups excluding carboxylic acids is 1. The maximum atomic E-state index is 13.2. The van der Waals surface area contributed by atoms with Crippen molar-refractivity contribution in [2.45, 2.75) is 45.6 Å². The maximum Gasteiger partial charge on any atom is 0.223 e. The summed E-state index contributed by atoms with van der Waals surface area (Å²) in [4.78, 5) is 15.1. The van der Waals surface area contributed by atoms with Gasteiger partial charge in [0.25, 0.3) is 0 Å². The van der Waals surface area contributed by atoms with Gasteiger partial charge < -0.3 is 10.0 Å². The molecule has 1 atom stereocenters. The minimum Gasteiger partial charge on any atom is -0.380 e. The van der Waals surface area contributed by atoms with Crippen LogP contribution in [0.5, 0.6) is 0 Å². The highest BCUT2D eigenvalue weighted by atomic mass is 16.3. The molecular weight excluding hydrogens is 382 g/mol. The predicted octanol–water partition coefficient (Wildman–Crippen LogP) is 5.58. The van der Waals surface area contributed by atoms with Crippen LogP contribution in [0.1, 0.15) is 54.0 Å². The number of rotatable bonds is 8. The van der Waals surface area contributed by atoms with E-state index in [4.69, 9.17) is 0 Å². The summed E-state index contributed by atoms with van der Waals surface area (Å²) in [6.07, 6.45) is 0.226. The number of nitrogens with zero attached hydrogens (tertiary/aromatic N) is 1. The first kappa shape index (κ1) is 22.8. The van der Waals surface area contributed by atoms with E-state index in [0.29, 0.717) is 13.1 Å². The molecule has 0 fully saturated rings. The fourth-order valence-corrected chi connectivity index (χ4v) is 4.26. The van der Waals surface area contributed by atoms with Gasteiger partial charge in [0.05, 0.1) is 0 Å². The summed E-state index contributed by atoms with van der Waals surface area (Å²) >= 11 is 0. The van der Waals surface area contributed by atoms with Gasteiger partial charge in [-0.1, -0.05) is 90.0 Å². The highest BCUT2D eigenvalue weighted by Crippen LogP contribution is 2.45. The van der Waals surface area contributed by atoms with E-state index in [0.717, 1.165) is 27.8 Å². The molecule has 1 N–H and O–H groups in total.